The zero-order valence-corrected chi connectivity index (χ0v) is 13.2. The van der Waals surface area contributed by atoms with Crippen LogP contribution in [0.3, 0.4) is 0 Å². The van der Waals surface area contributed by atoms with Crippen LogP contribution in [0.15, 0.2) is 28.9 Å². The fourth-order valence-corrected chi connectivity index (χ4v) is 2.73. The van der Waals surface area contributed by atoms with Crippen LogP contribution >= 0.6 is 0 Å². The number of halogens is 3. The Labute approximate surface area is 137 Å². The molecule has 0 spiro atoms. The molecule has 1 saturated heterocycles. The molecule has 1 aliphatic rings. The van der Waals surface area contributed by atoms with E-state index in [1.54, 1.807) is 6.07 Å². The first-order valence-corrected chi connectivity index (χ1v) is 7.76. The molecular weight excluding hydrogens is 323 g/mol. The van der Waals surface area contributed by atoms with Gasteiger partial charge in [0.05, 0.1) is 5.56 Å². The summed E-state index contributed by atoms with van der Waals surface area (Å²) in [7, 11) is 0. The van der Waals surface area contributed by atoms with Crippen molar-refractivity contribution in [2.75, 3.05) is 13.1 Å². The van der Waals surface area contributed by atoms with Gasteiger partial charge in [-0.2, -0.15) is 13.2 Å². The van der Waals surface area contributed by atoms with Crippen LogP contribution < -0.4 is 4.74 Å². The molecule has 0 unspecified atom stereocenters. The largest absolute Gasteiger partial charge is 0.490 e. The summed E-state index contributed by atoms with van der Waals surface area (Å²) in [6.45, 7) is 4.08. The molecule has 0 aliphatic carbocycles. The number of benzene rings is 1. The van der Waals surface area contributed by atoms with Crippen molar-refractivity contribution in [3.8, 4) is 5.75 Å². The maximum absolute atomic E-state index is 12.7. The summed E-state index contributed by atoms with van der Waals surface area (Å²) in [5, 5.41) is 7.62. The van der Waals surface area contributed by atoms with E-state index in [-0.39, 0.29) is 11.9 Å². The van der Waals surface area contributed by atoms with Crippen LogP contribution in [0.25, 0.3) is 0 Å². The molecule has 130 valence electrons. The summed E-state index contributed by atoms with van der Waals surface area (Å²) in [6, 6.07) is 5.03. The minimum atomic E-state index is -4.35. The van der Waals surface area contributed by atoms with Gasteiger partial charge in [0, 0.05) is 19.6 Å². The zero-order chi connectivity index (χ0) is 17.2. The molecule has 1 fully saturated rings. The molecule has 2 aromatic rings. The van der Waals surface area contributed by atoms with E-state index < -0.39 is 11.7 Å². The van der Waals surface area contributed by atoms with Crippen LogP contribution in [0.4, 0.5) is 13.2 Å². The van der Waals surface area contributed by atoms with Gasteiger partial charge in [-0.25, -0.2) is 4.63 Å². The highest BCUT2D eigenvalue weighted by Crippen LogP contribution is 2.32. The third kappa shape index (κ3) is 4.05. The normalized spacial score (nSPS) is 17.2. The molecule has 0 atom stereocenters. The second-order valence-electron chi connectivity index (χ2n) is 5.92. The quantitative estimate of drug-likeness (QED) is 0.853. The maximum Gasteiger partial charge on any atom is 0.416 e. The van der Waals surface area contributed by atoms with Crippen LogP contribution in [-0.2, 0) is 12.7 Å². The van der Waals surface area contributed by atoms with E-state index in [1.165, 1.54) is 6.07 Å². The van der Waals surface area contributed by atoms with Crippen molar-refractivity contribution in [1.29, 1.82) is 0 Å². The lowest BCUT2D eigenvalue weighted by atomic mass is 10.1. The standard InChI is InChI=1S/C16H18F3N3O2/c1-11-15(21-24-20-11)10-22-7-5-13(6-8-22)23-14-4-2-3-12(9-14)16(17,18)19/h2-4,9,13H,5-8,10H2,1H3. The first-order chi connectivity index (χ1) is 11.4. The van der Waals surface area contributed by atoms with Gasteiger partial charge >= 0.3 is 6.18 Å². The average Bonchev–Trinajstić information content (AvgIpc) is 2.94. The molecule has 0 N–H and O–H groups in total. The van der Waals surface area contributed by atoms with Crippen LogP contribution in [0.5, 0.6) is 5.75 Å². The summed E-state index contributed by atoms with van der Waals surface area (Å²) >= 11 is 0. The van der Waals surface area contributed by atoms with Gasteiger partial charge in [0.1, 0.15) is 23.2 Å². The molecule has 0 saturated carbocycles. The number of piperidine rings is 1. The zero-order valence-electron chi connectivity index (χ0n) is 13.2. The average molecular weight is 341 g/mol. The molecule has 3 rings (SSSR count). The van der Waals surface area contributed by atoms with Crippen LogP contribution in [0.2, 0.25) is 0 Å². The Balaban J connectivity index is 1.53. The monoisotopic (exact) mass is 341 g/mol. The van der Waals surface area contributed by atoms with Gasteiger partial charge in [0.25, 0.3) is 0 Å². The van der Waals surface area contributed by atoms with Crippen molar-refractivity contribution in [2.24, 2.45) is 0 Å². The van der Waals surface area contributed by atoms with Crippen molar-refractivity contribution in [1.82, 2.24) is 15.2 Å². The molecule has 1 aliphatic heterocycles. The summed E-state index contributed by atoms with van der Waals surface area (Å²) in [5.74, 6) is 0.264. The lowest BCUT2D eigenvalue weighted by molar-refractivity contribution is -0.137. The lowest BCUT2D eigenvalue weighted by Gasteiger charge is -2.31. The second-order valence-corrected chi connectivity index (χ2v) is 5.92. The minimum absolute atomic E-state index is 0.0822. The highest BCUT2D eigenvalue weighted by Gasteiger charge is 2.31. The van der Waals surface area contributed by atoms with E-state index in [4.69, 9.17) is 4.74 Å². The number of aryl methyl sites for hydroxylation is 1. The topological polar surface area (TPSA) is 51.4 Å². The van der Waals surface area contributed by atoms with Crippen LogP contribution in [-0.4, -0.2) is 34.4 Å². The number of ether oxygens (including phenoxy) is 1. The van der Waals surface area contributed by atoms with E-state index in [2.05, 4.69) is 19.8 Å². The molecule has 0 bridgehead atoms. The summed E-state index contributed by atoms with van der Waals surface area (Å²) in [6.07, 6.45) is -2.94. The Kier molecular flexibility index (Phi) is 4.75. The minimum Gasteiger partial charge on any atom is -0.490 e. The fourth-order valence-electron chi connectivity index (χ4n) is 2.73. The van der Waals surface area contributed by atoms with Gasteiger partial charge in [-0.1, -0.05) is 16.4 Å². The summed E-state index contributed by atoms with van der Waals surface area (Å²) in [4.78, 5) is 2.21. The van der Waals surface area contributed by atoms with Gasteiger partial charge in [-0.3, -0.25) is 4.90 Å². The summed E-state index contributed by atoms with van der Waals surface area (Å²) in [5.41, 5.74) is 0.899. The van der Waals surface area contributed by atoms with E-state index in [0.717, 1.165) is 49.5 Å². The Morgan fingerprint density at radius 2 is 2.00 bits per heavy atom. The van der Waals surface area contributed by atoms with Gasteiger partial charge < -0.3 is 4.74 Å². The number of aromatic nitrogens is 2. The van der Waals surface area contributed by atoms with Crippen molar-refractivity contribution in [3.63, 3.8) is 0 Å². The van der Waals surface area contributed by atoms with Crippen molar-refractivity contribution in [3.05, 3.63) is 41.2 Å². The first-order valence-electron chi connectivity index (χ1n) is 7.76. The molecule has 5 nitrogen and oxygen atoms in total. The molecule has 1 aromatic carbocycles. The molecule has 0 radical (unpaired) electrons. The summed E-state index contributed by atoms with van der Waals surface area (Å²) < 4.78 is 48.6. The number of hydrogen-bond acceptors (Lipinski definition) is 5. The molecule has 0 amide bonds. The van der Waals surface area contributed by atoms with Crippen molar-refractivity contribution >= 4 is 0 Å². The predicted octanol–water partition coefficient (Wildman–Crippen LogP) is 3.44. The van der Waals surface area contributed by atoms with Crippen molar-refractivity contribution in [2.45, 2.75) is 38.6 Å². The number of alkyl halides is 3. The van der Waals surface area contributed by atoms with E-state index in [0.29, 0.717) is 6.54 Å². The maximum atomic E-state index is 12.7. The van der Waals surface area contributed by atoms with E-state index in [1.807, 2.05) is 6.92 Å². The first kappa shape index (κ1) is 16.8. The number of nitrogens with zero attached hydrogens (tertiary/aromatic N) is 3. The number of hydrogen-bond donors (Lipinski definition) is 0. The van der Waals surface area contributed by atoms with Crippen LogP contribution in [0, 0.1) is 6.92 Å². The Morgan fingerprint density at radius 1 is 1.25 bits per heavy atom. The van der Waals surface area contributed by atoms with E-state index in [9.17, 15) is 13.2 Å². The van der Waals surface area contributed by atoms with Gasteiger partial charge in [0.15, 0.2) is 0 Å². The third-order valence-corrected chi connectivity index (χ3v) is 4.12. The highest BCUT2D eigenvalue weighted by molar-refractivity contribution is 5.30. The molecule has 8 heteroatoms. The SMILES string of the molecule is Cc1nonc1CN1CCC(Oc2cccc(C(F)(F)F)c2)CC1. The smallest absolute Gasteiger partial charge is 0.416 e. The second kappa shape index (κ2) is 6.80. The Hall–Kier alpha value is -2.09. The highest BCUT2D eigenvalue weighted by atomic mass is 19.4. The Bertz CT molecular complexity index is 679. The fraction of sp³-hybridized carbons (Fsp3) is 0.500. The van der Waals surface area contributed by atoms with Crippen molar-refractivity contribution < 1.29 is 22.5 Å². The number of likely N-dealkylation sites (tertiary alicyclic amines) is 1. The third-order valence-electron chi connectivity index (χ3n) is 4.12. The Morgan fingerprint density at radius 3 is 2.62 bits per heavy atom. The van der Waals surface area contributed by atoms with Gasteiger partial charge in [-0.15, -0.1) is 0 Å². The predicted molar refractivity (Wildman–Crippen MR) is 79.4 cm³/mol. The van der Waals surface area contributed by atoms with E-state index >= 15 is 0 Å². The van der Waals surface area contributed by atoms with Crippen LogP contribution in [0.1, 0.15) is 29.8 Å². The van der Waals surface area contributed by atoms with Gasteiger partial charge in [0.2, 0.25) is 0 Å². The molecule has 24 heavy (non-hydrogen) atoms. The lowest BCUT2D eigenvalue weighted by Crippen LogP contribution is -2.38. The number of rotatable bonds is 4. The molecule has 1 aromatic heterocycles. The molecule has 2 heterocycles. The van der Waals surface area contributed by atoms with Gasteiger partial charge in [-0.05, 0) is 38.0 Å². The molecular formula is C16H18F3N3O2.